The molecule has 0 aliphatic carbocycles. The molecule has 32 heavy (non-hydrogen) atoms. The average Bonchev–Trinajstić information content (AvgIpc) is 2.83. The van der Waals surface area contributed by atoms with Gasteiger partial charge in [-0.15, -0.1) is 0 Å². The molecule has 1 amide bonds. The Balaban J connectivity index is 1.21. The largest absolute Gasteiger partial charge is 0.485 e. The summed E-state index contributed by atoms with van der Waals surface area (Å²) in [7, 11) is 2.15. The van der Waals surface area contributed by atoms with Crippen LogP contribution in [-0.2, 0) is 4.79 Å². The lowest BCUT2D eigenvalue weighted by molar-refractivity contribution is -0.141. The van der Waals surface area contributed by atoms with Gasteiger partial charge in [0.05, 0.1) is 0 Å². The molecule has 0 saturated carbocycles. The van der Waals surface area contributed by atoms with Crippen molar-refractivity contribution >= 4 is 17.5 Å². The van der Waals surface area contributed by atoms with Crippen LogP contribution in [0.15, 0.2) is 30.3 Å². The van der Waals surface area contributed by atoms with Gasteiger partial charge in [-0.2, -0.15) is 0 Å². The summed E-state index contributed by atoms with van der Waals surface area (Å²) in [6.07, 6.45) is -0.596. The summed E-state index contributed by atoms with van der Waals surface area (Å²) >= 11 is 0. The van der Waals surface area contributed by atoms with Gasteiger partial charge in [-0.25, -0.2) is 9.97 Å². The van der Waals surface area contributed by atoms with Gasteiger partial charge in [0.2, 0.25) is 6.10 Å². The Kier molecular flexibility index (Phi) is 5.73. The van der Waals surface area contributed by atoms with E-state index in [1.165, 1.54) is 0 Å². The minimum absolute atomic E-state index is 0.0175. The van der Waals surface area contributed by atoms with Crippen molar-refractivity contribution < 1.29 is 14.3 Å². The molecule has 3 aliphatic rings. The number of para-hydroxylation sites is 2. The number of carbonyl (C=O) groups excluding carboxylic acids is 1. The Labute approximate surface area is 188 Å². The number of fused-ring (bicyclic) bond motifs is 1. The zero-order valence-corrected chi connectivity index (χ0v) is 18.7. The Hall–Kier alpha value is -3.07. The lowest BCUT2D eigenvalue weighted by Crippen LogP contribution is -2.54. The van der Waals surface area contributed by atoms with Gasteiger partial charge in [0.15, 0.2) is 11.5 Å². The molecule has 1 unspecified atom stereocenters. The molecule has 1 aromatic carbocycles. The Morgan fingerprint density at radius 2 is 1.50 bits per heavy atom. The lowest BCUT2D eigenvalue weighted by atomic mass is 10.2. The molecular formula is C23H30N6O3. The van der Waals surface area contributed by atoms with E-state index in [9.17, 15) is 4.79 Å². The van der Waals surface area contributed by atoms with E-state index in [0.29, 0.717) is 24.6 Å². The van der Waals surface area contributed by atoms with E-state index in [1.807, 2.05) is 36.1 Å². The highest BCUT2D eigenvalue weighted by Crippen LogP contribution is 2.31. The third-order valence-electron chi connectivity index (χ3n) is 6.34. The molecule has 9 heteroatoms. The molecule has 0 spiro atoms. The topological polar surface area (TPSA) is 74.3 Å². The SMILES string of the molecule is Cc1nc(N2CCN(C)CC2)cc(N2CCN(C(=O)C3COc4ccccc4O3)CC2)n1. The summed E-state index contributed by atoms with van der Waals surface area (Å²) in [5.41, 5.74) is 0. The van der Waals surface area contributed by atoms with Gasteiger partial charge >= 0.3 is 0 Å². The predicted molar refractivity (Wildman–Crippen MR) is 122 cm³/mol. The van der Waals surface area contributed by atoms with Crippen molar-refractivity contribution in [3.63, 3.8) is 0 Å². The van der Waals surface area contributed by atoms with Gasteiger partial charge < -0.3 is 29.1 Å². The van der Waals surface area contributed by atoms with Crippen LogP contribution in [0, 0.1) is 6.92 Å². The number of nitrogens with zero attached hydrogens (tertiary/aromatic N) is 6. The van der Waals surface area contributed by atoms with Crippen LogP contribution in [-0.4, -0.2) is 97.8 Å². The van der Waals surface area contributed by atoms with E-state index in [-0.39, 0.29) is 12.5 Å². The minimum atomic E-state index is -0.596. The van der Waals surface area contributed by atoms with E-state index in [0.717, 1.165) is 56.7 Å². The maximum absolute atomic E-state index is 13.0. The number of aryl methyl sites for hydroxylation is 1. The van der Waals surface area contributed by atoms with Gasteiger partial charge in [0, 0.05) is 58.4 Å². The number of piperazine rings is 2. The van der Waals surface area contributed by atoms with Crippen molar-refractivity contribution in [3.05, 3.63) is 36.2 Å². The monoisotopic (exact) mass is 438 g/mol. The second-order valence-corrected chi connectivity index (χ2v) is 8.60. The van der Waals surface area contributed by atoms with Crippen LogP contribution < -0.4 is 19.3 Å². The van der Waals surface area contributed by atoms with Crippen molar-refractivity contribution in [3.8, 4) is 11.5 Å². The summed E-state index contributed by atoms with van der Waals surface area (Å²) in [4.78, 5) is 31.1. The number of likely N-dealkylation sites (N-methyl/N-ethyl adjacent to an activating group) is 1. The zero-order chi connectivity index (χ0) is 22.1. The third-order valence-corrected chi connectivity index (χ3v) is 6.34. The van der Waals surface area contributed by atoms with Gasteiger partial charge in [-0.1, -0.05) is 12.1 Å². The third kappa shape index (κ3) is 4.29. The van der Waals surface area contributed by atoms with Crippen molar-refractivity contribution in [2.24, 2.45) is 0 Å². The van der Waals surface area contributed by atoms with E-state index < -0.39 is 6.10 Å². The van der Waals surface area contributed by atoms with Gasteiger partial charge in [0.1, 0.15) is 24.1 Å². The summed E-state index contributed by atoms with van der Waals surface area (Å²) in [5, 5.41) is 0. The number of anilines is 2. The molecule has 1 atom stereocenters. The smallest absolute Gasteiger partial charge is 0.267 e. The normalized spacial score (nSPS) is 21.6. The second-order valence-electron chi connectivity index (χ2n) is 8.60. The van der Waals surface area contributed by atoms with Crippen LogP contribution in [0.3, 0.4) is 0 Å². The Bertz CT molecular complexity index is 970. The van der Waals surface area contributed by atoms with Gasteiger partial charge in [-0.05, 0) is 26.1 Å². The fourth-order valence-electron chi connectivity index (χ4n) is 4.40. The van der Waals surface area contributed by atoms with Gasteiger partial charge in [0.25, 0.3) is 5.91 Å². The highest BCUT2D eigenvalue weighted by atomic mass is 16.6. The van der Waals surface area contributed by atoms with E-state index >= 15 is 0 Å². The number of ether oxygens (including phenoxy) is 2. The lowest BCUT2D eigenvalue weighted by Gasteiger charge is -2.38. The molecule has 4 heterocycles. The number of benzene rings is 1. The Morgan fingerprint density at radius 3 is 2.16 bits per heavy atom. The van der Waals surface area contributed by atoms with E-state index in [1.54, 1.807) is 0 Å². The van der Waals surface area contributed by atoms with E-state index in [4.69, 9.17) is 9.47 Å². The second kappa shape index (κ2) is 8.82. The summed E-state index contributed by atoms with van der Waals surface area (Å²) in [6, 6.07) is 9.56. The molecule has 3 aliphatic heterocycles. The van der Waals surface area contributed by atoms with Crippen LogP contribution in [0.2, 0.25) is 0 Å². The quantitative estimate of drug-likeness (QED) is 0.704. The molecule has 2 aromatic rings. The first kappa shape index (κ1) is 20.8. The first-order chi connectivity index (χ1) is 15.6. The molecule has 1 aromatic heterocycles. The molecule has 0 N–H and O–H groups in total. The van der Waals surface area contributed by atoms with Crippen molar-refractivity contribution in [2.45, 2.75) is 13.0 Å². The highest BCUT2D eigenvalue weighted by Gasteiger charge is 2.33. The number of hydrogen-bond acceptors (Lipinski definition) is 8. The number of amides is 1. The first-order valence-electron chi connectivity index (χ1n) is 11.3. The average molecular weight is 439 g/mol. The molecular weight excluding hydrogens is 408 g/mol. The molecule has 0 bridgehead atoms. The minimum Gasteiger partial charge on any atom is -0.485 e. The maximum Gasteiger partial charge on any atom is 0.267 e. The number of hydrogen-bond donors (Lipinski definition) is 0. The van der Waals surface area contributed by atoms with Crippen LogP contribution in [0.1, 0.15) is 5.82 Å². The van der Waals surface area contributed by atoms with Crippen LogP contribution in [0.25, 0.3) is 0 Å². The maximum atomic E-state index is 13.0. The number of aromatic nitrogens is 2. The standard InChI is InChI=1S/C23H30N6O3/c1-17-24-21(27-9-7-26(2)8-10-27)15-22(25-17)28-11-13-29(14-12-28)23(30)20-16-31-18-5-3-4-6-19(18)32-20/h3-6,15,20H,7-14,16H2,1-2H3. The van der Waals surface area contributed by atoms with Crippen molar-refractivity contribution in [1.82, 2.24) is 19.8 Å². The molecule has 2 fully saturated rings. The van der Waals surface area contributed by atoms with Crippen molar-refractivity contribution in [2.75, 3.05) is 75.8 Å². The zero-order valence-electron chi connectivity index (χ0n) is 18.7. The molecule has 0 radical (unpaired) electrons. The van der Waals surface area contributed by atoms with Crippen molar-refractivity contribution in [1.29, 1.82) is 0 Å². The highest BCUT2D eigenvalue weighted by molar-refractivity contribution is 5.82. The van der Waals surface area contributed by atoms with E-state index in [2.05, 4.69) is 37.8 Å². The first-order valence-corrected chi connectivity index (χ1v) is 11.3. The predicted octanol–water partition coefficient (Wildman–Crippen LogP) is 1.03. The fraction of sp³-hybridized carbons (Fsp3) is 0.522. The molecule has 9 nitrogen and oxygen atoms in total. The summed E-state index contributed by atoms with van der Waals surface area (Å²) in [5.74, 6) is 4.01. The number of carbonyl (C=O) groups is 1. The molecule has 2 saturated heterocycles. The molecule has 170 valence electrons. The van der Waals surface area contributed by atoms with Crippen LogP contribution in [0.4, 0.5) is 11.6 Å². The number of rotatable bonds is 3. The fourth-order valence-corrected chi connectivity index (χ4v) is 4.40. The summed E-state index contributed by atoms with van der Waals surface area (Å²) in [6.45, 7) is 8.94. The van der Waals surface area contributed by atoms with Crippen LogP contribution >= 0.6 is 0 Å². The Morgan fingerprint density at radius 1 is 0.906 bits per heavy atom. The molecule has 5 rings (SSSR count). The van der Waals surface area contributed by atoms with Crippen LogP contribution in [0.5, 0.6) is 11.5 Å². The summed E-state index contributed by atoms with van der Waals surface area (Å²) < 4.78 is 11.6. The van der Waals surface area contributed by atoms with Gasteiger partial charge in [-0.3, -0.25) is 4.79 Å².